The van der Waals surface area contributed by atoms with Crippen molar-refractivity contribution in [1.82, 2.24) is 4.57 Å². The van der Waals surface area contributed by atoms with Gasteiger partial charge in [0.2, 0.25) is 5.78 Å². The van der Waals surface area contributed by atoms with Crippen LogP contribution in [0, 0.1) is 19.8 Å². The molecule has 2 heterocycles. The summed E-state index contributed by atoms with van der Waals surface area (Å²) in [5, 5.41) is 0. The summed E-state index contributed by atoms with van der Waals surface area (Å²) in [4.78, 5) is 23.8. The molecule has 0 bridgehead atoms. The van der Waals surface area contributed by atoms with E-state index in [1.807, 2.05) is 25.5 Å². The molecule has 0 radical (unpaired) electrons. The van der Waals surface area contributed by atoms with E-state index in [1.54, 1.807) is 6.07 Å². The van der Waals surface area contributed by atoms with E-state index in [1.165, 1.54) is 0 Å². The largest absolute Gasteiger partial charge is 0.457 e. The summed E-state index contributed by atoms with van der Waals surface area (Å²) >= 11 is 0. The van der Waals surface area contributed by atoms with Gasteiger partial charge in [-0.2, -0.15) is 0 Å². The Labute approximate surface area is 130 Å². The second-order valence-corrected chi connectivity index (χ2v) is 8.13. The van der Waals surface area contributed by atoms with Crippen LogP contribution in [-0.4, -0.2) is 42.9 Å². The van der Waals surface area contributed by atoms with Crippen molar-refractivity contribution in [3.05, 3.63) is 23.0 Å². The Morgan fingerprint density at radius 2 is 2.05 bits per heavy atom. The van der Waals surface area contributed by atoms with Crippen LogP contribution in [-0.2, 0) is 26.4 Å². The van der Waals surface area contributed by atoms with E-state index in [2.05, 4.69) is 0 Å². The molecule has 0 N–H and O–H groups in total. The molecule has 0 aromatic carbocycles. The Morgan fingerprint density at radius 3 is 2.55 bits per heavy atom. The van der Waals surface area contributed by atoms with Crippen molar-refractivity contribution in [1.29, 1.82) is 0 Å². The standard InChI is InChI=1S/C15H21NO5S/c1-10-6-13(11(2)16(10)3)14(17)8-21-15(18)7-12-4-5-22(19,20)9-12/h6,12H,4-5,7-9H2,1-3H3/t12-/m1/s1. The molecular formula is C15H21NO5S. The third kappa shape index (κ3) is 3.76. The van der Waals surface area contributed by atoms with Gasteiger partial charge in [0.05, 0.1) is 11.5 Å². The fraction of sp³-hybridized carbons (Fsp3) is 0.600. The number of sulfone groups is 1. The molecule has 0 saturated carbocycles. The van der Waals surface area contributed by atoms with Crippen molar-refractivity contribution in [3.63, 3.8) is 0 Å². The van der Waals surface area contributed by atoms with Crippen LogP contribution in [0.15, 0.2) is 6.07 Å². The number of aromatic nitrogens is 1. The number of esters is 1. The summed E-state index contributed by atoms with van der Waals surface area (Å²) in [6.07, 6.45) is 0.543. The van der Waals surface area contributed by atoms with Gasteiger partial charge in [0.15, 0.2) is 16.4 Å². The summed E-state index contributed by atoms with van der Waals surface area (Å²) in [6.45, 7) is 3.43. The van der Waals surface area contributed by atoms with Gasteiger partial charge in [-0.05, 0) is 32.3 Å². The highest BCUT2D eigenvalue weighted by atomic mass is 32.2. The molecule has 22 heavy (non-hydrogen) atoms. The van der Waals surface area contributed by atoms with E-state index in [0.717, 1.165) is 11.4 Å². The fourth-order valence-corrected chi connectivity index (χ4v) is 4.55. The van der Waals surface area contributed by atoms with Crippen molar-refractivity contribution in [2.45, 2.75) is 26.7 Å². The number of carbonyl (C=O) groups excluding carboxylic acids is 2. The number of carbonyl (C=O) groups is 2. The molecule has 1 saturated heterocycles. The van der Waals surface area contributed by atoms with Gasteiger partial charge in [-0.25, -0.2) is 8.42 Å². The SMILES string of the molecule is Cc1cc(C(=O)COC(=O)C[C@H]2CCS(=O)(=O)C2)c(C)n1C. The monoisotopic (exact) mass is 327 g/mol. The molecule has 122 valence electrons. The summed E-state index contributed by atoms with van der Waals surface area (Å²) in [5.41, 5.74) is 2.35. The van der Waals surface area contributed by atoms with Crippen molar-refractivity contribution in [2.75, 3.05) is 18.1 Å². The highest BCUT2D eigenvalue weighted by Gasteiger charge is 2.30. The summed E-state index contributed by atoms with van der Waals surface area (Å²) in [7, 11) is -1.13. The number of hydrogen-bond acceptors (Lipinski definition) is 5. The van der Waals surface area contributed by atoms with Crippen LogP contribution in [0.4, 0.5) is 0 Å². The van der Waals surface area contributed by atoms with Gasteiger partial charge in [-0.15, -0.1) is 0 Å². The number of nitrogens with zero attached hydrogens (tertiary/aromatic N) is 1. The van der Waals surface area contributed by atoms with E-state index in [4.69, 9.17) is 4.74 Å². The maximum absolute atomic E-state index is 12.1. The van der Waals surface area contributed by atoms with Gasteiger partial charge < -0.3 is 9.30 Å². The van der Waals surface area contributed by atoms with Crippen LogP contribution in [0.3, 0.4) is 0 Å². The predicted molar refractivity (Wildman–Crippen MR) is 81.6 cm³/mol. The molecule has 0 aliphatic carbocycles. The molecule has 6 nitrogen and oxygen atoms in total. The lowest BCUT2D eigenvalue weighted by atomic mass is 10.1. The lowest BCUT2D eigenvalue weighted by Gasteiger charge is -2.08. The van der Waals surface area contributed by atoms with Crippen LogP contribution in [0.2, 0.25) is 0 Å². The first-order valence-corrected chi connectivity index (χ1v) is 9.04. The van der Waals surface area contributed by atoms with Crippen LogP contribution in [0.25, 0.3) is 0 Å². The van der Waals surface area contributed by atoms with Crippen LogP contribution in [0.1, 0.15) is 34.6 Å². The van der Waals surface area contributed by atoms with E-state index >= 15 is 0 Å². The molecule has 1 aromatic rings. The first-order chi connectivity index (χ1) is 10.2. The number of ether oxygens (including phenoxy) is 1. The molecule has 1 fully saturated rings. The van der Waals surface area contributed by atoms with Crippen LogP contribution >= 0.6 is 0 Å². The summed E-state index contributed by atoms with van der Waals surface area (Å²) in [5.74, 6) is -0.776. The Bertz CT molecular complexity index is 702. The van der Waals surface area contributed by atoms with Crippen molar-refractivity contribution in [3.8, 4) is 0 Å². The third-order valence-corrected chi connectivity index (χ3v) is 6.06. The van der Waals surface area contributed by atoms with Gasteiger partial charge in [0.1, 0.15) is 0 Å². The van der Waals surface area contributed by atoms with Crippen molar-refractivity contribution < 1.29 is 22.7 Å². The molecule has 1 aliphatic rings. The van der Waals surface area contributed by atoms with Gasteiger partial charge in [0, 0.05) is 30.4 Å². The third-order valence-electron chi connectivity index (χ3n) is 4.22. The predicted octanol–water partition coefficient (Wildman–Crippen LogP) is 1.19. The van der Waals surface area contributed by atoms with Crippen molar-refractivity contribution >= 4 is 21.6 Å². The van der Waals surface area contributed by atoms with Gasteiger partial charge in [-0.3, -0.25) is 9.59 Å². The molecule has 0 spiro atoms. The second kappa shape index (κ2) is 6.24. The number of aryl methyl sites for hydroxylation is 1. The number of rotatable bonds is 5. The van der Waals surface area contributed by atoms with Gasteiger partial charge in [-0.1, -0.05) is 0 Å². The average molecular weight is 327 g/mol. The molecular weight excluding hydrogens is 306 g/mol. The average Bonchev–Trinajstić information content (AvgIpc) is 2.90. The first kappa shape index (κ1) is 16.7. The minimum atomic E-state index is -3.00. The molecule has 1 aromatic heterocycles. The highest BCUT2D eigenvalue weighted by molar-refractivity contribution is 7.91. The molecule has 1 aliphatic heterocycles. The molecule has 1 atom stereocenters. The Balaban J connectivity index is 1.86. The van der Waals surface area contributed by atoms with E-state index in [0.29, 0.717) is 12.0 Å². The lowest BCUT2D eigenvalue weighted by molar-refractivity contribution is -0.143. The number of ketones is 1. The van der Waals surface area contributed by atoms with E-state index < -0.39 is 15.8 Å². The van der Waals surface area contributed by atoms with Crippen LogP contribution in [0.5, 0.6) is 0 Å². The Hall–Kier alpha value is -1.63. The number of Topliss-reactive ketones (excluding diaryl/α,β-unsaturated/α-hetero) is 1. The summed E-state index contributed by atoms with van der Waals surface area (Å²) in [6, 6.07) is 1.77. The number of hydrogen-bond donors (Lipinski definition) is 0. The highest BCUT2D eigenvalue weighted by Crippen LogP contribution is 2.22. The molecule has 0 amide bonds. The first-order valence-electron chi connectivity index (χ1n) is 7.22. The smallest absolute Gasteiger partial charge is 0.306 e. The topological polar surface area (TPSA) is 82.4 Å². The molecule has 7 heteroatoms. The molecule has 0 unspecified atom stereocenters. The second-order valence-electron chi connectivity index (χ2n) is 5.90. The minimum Gasteiger partial charge on any atom is -0.457 e. The van der Waals surface area contributed by atoms with E-state index in [-0.39, 0.29) is 36.2 Å². The Kier molecular flexibility index (Phi) is 4.75. The van der Waals surface area contributed by atoms with Gasteiger partial charge in [0.25, 0.3) is 0 Å². The summed E-state index contributed by atoms with van der Waals surface area (Å²) < 4.78 is 29.6. The van der Waals surface area contributed by atoms with Crippen molar-refractivity contribution in [2.24, 2.45) is 13.0 Å². The minimum absolute atomic E-state index is 0.0348. The zero-order valence-electron chi connectivity index (χ0n) is 13.1. The normalized spacial score (nSPS) is 20.0. The maximum Gasteiger partial charge on any atom is 0.306 e. The van der Waals surface area contributed by atoms with Gasteiger partial charge >= 0.3 is 5.97 Å². The van der Waals surface area contributed by atoms with E-state index in [9.17, 15) is 18.0 Å². The zero-order valence-corrected chi connectivity index (χ0v) is 13.9. The quantitative estimate of drug-likeness (QED) is 0.599. The fourth-order valence-electron chi connectivity index (χ4n) is 2.69. The Morgan fingerprint density at radius 1 is 1.36 bits per heavy atom. The zero-order chi connectivity index (χ0) is 16.5. The molecule has 2 rings (SSSR count). The maximum atomic E-state index is 12.1. The lowest BCUT2D eigenvalue weighted by Crippen LogP contribution is -2.18. The van der Waals surface area contributed by atoms with Crippen LogP contribution < -0.4 is 0 Å².